The Kier molecular flexibility index (Phi) is 4.98. The summed E-state index contributed by atoms with van der Waals surface area (Å²) >= 11 is 0. The summed E-state index contributed by atoms with van der Waals surface area (Å²) in [4.78, 5) is 0. The van der Waals surface area contributed by atoms with Crippen molar-refractivity contribution < 1.29 is 9.13 Å². The highest BCUT2D eigenvalue weighted by Crippen LogP contribution is 2.32. The van der Waals surface area contributed by atoms with Gasteiger partial charge in [0.2, 0.25) is 0 Å². The lowest BCUT2D eigenvalue weighted by Crippen LogP contribution is -2.14. The second-order valence-corrected chi connectivity index (χ2v) is 5.31. The van der Waals surface area contributed by atoms with Crippen LogP contribution in [0.3, 0.4) is 0 Å². The van der Waals surface area contributed by atoms with Crippen molar-refractivity contribution in [3.8, 4) is 5.75 Å². The van der Waals surface area contributed by atoms with Crippen LogP contribution < -0.4 is 4.74 Å². The first kappa shape index (κ1) is 14.0. The lowest BCUT2D eigenvalue weighted by Gasteiger charge is -2.23. The van der Waals surface area contributed by atoms with Gasteiger partial charge >= 0.3 is 0 Å². The summed E-state index contributed by atoms with van der Waals surface area (Å²) in [5.74, 6) is 0.948. The molecule has 1 aromatic carbocycles. The highest BCUT2D eigenvalue weighted by atomic mass is 19.1. The standard InChI is InChI=1S/C15H23FO/c1-5-17-14-9-8-12(7-6-10-16)11-13(14)15(2,3)4/h8-9,11H,5-7,10H2,1-4H3. The van der Waals surface area contributed by atoms with E-state index >= 15 is 0 Å². The zero-order valence-electron chi connectivity index (χ0n) is 11.3. The van der Waals surface area contributed by atoms with Crippen molar-refractivity contribution >= 4 is 0 Å². The molecule has 0 aliphatic rings. The van der Waals surface area contributed by atoms with Crippen LogP contribution in [0.2, 0.25) is 0 Å². The normalized spacial score (nSPS) is 11.6. The van der Waals surface area contributed by atoms with E-state index in [1.165, 1.54) is 11.1 Å². The fourth-order valence-corrected chi connectivity index (χ4v) is 1.87. The molecule has 96 valence electrons. The fraction of sp³-hybridized carbons (Fsp3) is 0.600. The van der Waals surface area contributed by atoms with Crippen LogP contribution in [0, 0.1) is 0 Å². The third-order valence-corrected chi connectivity index (χ3v) is 2.75. The number of alkyl halides is 1. The lowest BCUT2D eigenvalue weighted by atomic mass is 9.85. The van der Waals surface area contributed by atoms with Crippen molar-refractivity contribution in [2.24, 2.45) is 0 Å². The SMILES string of the molecule is CCOc1ccc(CCCF)cc1C(C)(C)C. The molecule has 2 heteroatoms. The molecule has 1 rings (SSSR count). The van der Waals surface area contributed by atoms with Crippen LogP contribution in [0.1, 0.15) is 45.2 Å². The zero-order chi connectivity index (χ0) is 12.9. The minimum atomic E-state index is -0.252. The summed E-state index contributed by atoms with van der Waals surface area (Å²) in [6, 6.07) is 6.20. The van der Waals surface area contributed by atoms with Crippen molar-refractivity contribution in [3.05, 3.63) is 29.3 Å². The van der Waals surface area contributed by atoms with E-state index in [1.807, 2.05) is 19.1 Å². The largest absolute Gasteiger partial charge is 0.494 e. The number of hydrogen-bond acceptors (Lipinski definition) is 1. The summed E-state index contributed by atoms with van der Waals surface area (Å²) in [7, 11) is 0. The minimum Gasteiger partial charge on any atom is -0.494 e. The first-order valence-electron chi connectivity index (χ1n) is 6.31. The van der Waals surface area contributed by atoms with E-state index < -0.39 is 0 Å². The molecule has 0 aromatic heterocycles. The Labute approximate surface area is 104 Å². The third-order valence-electron chi connectivity index (χ3n) is 2.75. The van der Waals surface area contributed by atoms with E-state index in [9.17, 15) is 4.39 Å². The summed E-state index contributed by atoms with van der Waals surface area (Å²) < 4.78 is 17.8. The van der Waals surface area contributed by atoms with Gasteiger partial charge in [0.05, 0.1) is 13.3 Å². The van der Waals surface area contributed by atoms with E-state index in [1.54, 1.807) is 0 Å². The van der Waals surface area contributed by atoms with Crippen LogP contribution in [0.4, 0.5) is 4.39 Å². The summed E-state index contributed by atoms with van der Waals surface area (Å²) in [5.41, 5.74) is 2.45. The van der Waals surface area contributed by atoms with Gasteiger partial charge in [0.25, 0.3) is 0 Å². The molecule has 0 unspecified atom stereocenters. The maximum atomic E-state index is 12.2. The first-order chi connectivity index (χ1) is 7.99. The van der Waals surface area contributed by atoms with Crippen molar-refractivity contribution in [3.63, 3.8) is 0 Å². The minimum absolute atomic E-state index is 0.0518. The second-order valence-electron chi connectivity index (χ2n) is 5.31. The molecule has 17 heavy (non-hydrogen) atoms. The number of ether oxygens (including phenoxy) is 1. The number of rotatable bonds is 5. The molecule has 1 nitrogen and oxygen atoms in total. The Morgan fingerprint density at radius 3 is 2.47 bits per heavy atom. The molecule has 0 aliphatic carbocycles. The van der Waals surface area contributed by atoms with Crippen LogP contribution >= 0.6 is 0 Å². The third kappa shape index (κ3) is 4.03. The Bertz CT molecular complexity index is 352. The number of aryl methyl sites for hydroxylation is 1. The van der Waals surface area contributed by atoms with Crippen molar-refractivity contribution in [1.82, 2.24) is 0 Å². The maximum absolute atomic E-state index is 12.2. The van der Waals surface area contributed by atoms with Crippen LogP contribution in [0.25, 0.3) is 0 Å². The fourth-order valence-electron chi connectivity index (χ4n) is 1.87. The molecule has 0 saturated carbocycles. The van der Waals surface area contributed by atoms with Crippen LogP contribution in [-0.4, -0.2) is 13.3 Å². The molecule has 0 radical (unpaired) electrons. The Morgan fingerprint density at radius 1 is 1.24 bits per heavy atom. The van der Waals surface area contributed by atoms with Gasteiger partial charge in [-0.2, -0.15) is 0 Å². The van der Waals surface area contributed by atoms with E-state index in [4.69, 9.17) is 4.74 Å². The van der Waals surface area contributed by atoms with E-state index in [-0.39, 0.29) is 12.1 Å². The van der Waals surface area contributed by atoms with E-state index in [0.29, 0.717) is 13.0 Å². The van der Waals surface area contributed by atoms with Gasteiger partial charge in [-0.1, -0.05) is 32.9 Å². The van der Waals surface area contributed by atoms with E-state index in [2.05, 4.69) is 26.8 Å². The van der Waals surface area contributed by atoms with Gasteiger partial charge in [0.1, 0.15) is 5.75 Å². The zero-order valence-corrected chi connectivity index (χ0v) is 11.3. The lowest BCUT2D eigenvalue weighted by molar-refractivity contribution is 0.329. The molecular formula is C15H23FO. The maximum Gasteiger partial charge on any atom is 0.123 e. The van der Waals surface area contributed by atoms with Crippen LogP contribution in [-0.2, 0) is 11.8 Å². The van der Waals surface area contributed by atoms with E-state index in [0.717, 1.165) is 12.2 Å². The molecule has 1 aromatic rings. The molecule has 0 atom stereocenters. The Balaban J connectivity index is 3.01. The van der Waals surface area contributed by atoms with Gasteiger partial charge in [-0.15, -0.1) is 0 Å². The smallest absolute Gasteiger partial charge is 0.123 e. The van der Waals surface area contributed by atoms with Crippen LogP contribution in [0.5, 0.6) is 5.75 Å². The Hall–Kier alpha value is -1.05. The molecule has 0 amide bonds. The average molecular weight is 238 g/mol. The predicted molar refractivity (Wildman–Crippen MR) is 70.6 cm³/mol. The molecule has 0 heterocycles. The number of halogens is 1. The number of hydrogen-bond donors (Lipinski definition) is 0. The van der Waals surface area contributed by atoms with Gasteiger partial charge in [-0.05, 0) is 42.4 Å². The molecule has 0 spiro atoms. The summed E-state index contributed by atoms with van der Waals surface area (Å²) in [6.45, 7) is 8.92. The molecule has 0 saturated heterocycles. The quantitative estimate of drug-likeness (QED) is 0.743. The van der Waals surface area contributed by atoms with Crippen molar-refractivity contribution in [1.29, 1.82) is 0 Å². The summed E-state index contributed by atoms with van der Waals surface area (Å²) in [5, 5.41) is 0. The van der Waals surface area contributed by atoms with Crippen molar-refractivity contribution in [2.75, 3.05) is 13.3 Å². The summed E-state index contributed by atoms with van der Waals surface area (Å²) in [6.07, 6.45) is 1.39. The average Bonchev–Trinajstić information content (AvgIpc) is 2.26. The van der Waals surface area contributed by atoms with Gasteiger partial charge in [-0.25, -0.2) is 0 Å². The topological polar surface area (TPSA) is 9.23 Å². The highest BCUT2D eigenvalue weighted by molar-refractivity contribution is 5.41. The van der Waals surface area contributed by atoms with Gasteiger partial charge in [0.15, 0.2) is 0 Å². The predicted octanol–water partition coefficient (Wildman–Crippen LogP) is 4.28. The number of benzene rings is 1. The van der Waals surface area contributed by atoms with Gasteiger partial charge in [0, 0.05) is 0 Å². The Morgan fingerprint density at radius 2 is 1.94 bits per heavy atom. The molecule has 0 bridgehead atoms. The van der Waals surface area contributed by atoms with Crippen LogP contribution in [0.15, 0.2) is 18.2 Å². The molecular weight excluding hydrogens is 215 g/mol. The molecule has 0 N–H and O–H groups in total. The van der Waals surface area contributed by atoms with Gasteiger partial charge in [-0.3, -0.25) is 4.39 Å². The monoisotopic (exact) mass is 238 g/mol. The first-order valence-corrected chi connectivity index (χ1v) is 6.31. The second kappa shape index (κ2) is 6.04. The molecule has 0 fully saturated rings. The van der Waals surface area contributed by atoms with Gasteiger partial charge < -0.3 is 4.74 Å². The molecule has 0 aliphatic heterocycles. The highest BCUT2D eigenvalue weighted by Gasteiger charge is 2.19. The van der Waals surface area contributed by atoms with Crippen molar-refractivity contribution in [2.45, 2.75) is 46.0 Å².